The van der Waals surface area contributed by atoms with Gasteiger partial charge in [-0.1, -0.05) is 6.92 Å². The highest BCUT2D eigenvalue weighted by atomic mass is 16.5. The van der Waals surface area contributed by atoms with E-state index in [4.69, 9.17) is 14.2 Å². The number of fused-ring (bicyclic) bond motifs is 2. The van der Waals surface area contributed by atoms with Crippen LogP contribution >= 0.6 is 0 Å². The average molecular weight is 439 g/mol. The highest BCUT2D eigenvalue weighted by Gasteiger charge is 2.95. The molecule has 6 aliphatic carbocycles. The molecule has 7 heteroatoms. The van der Waals surface area contributed by atoms with Crippen molar-refractivity contribution in [1.29, 1.82) is 0 Å². The summed E-state index contributed by atoms with van der Waals surface area (Å²) in [6.45, 7) is 2.70. The molecule has 13 atom stereocenters. The topological polar surface area (TPSA) is 109 Å². The maximum absolute atomic E-state index is 12.7. The Morgan fingerprint density at radius 2 is 1.71 bits per heavy atom. The molecule has 0 aliphatic heterocycles. The summed E-state index contributed by atoms with van der Waals surface area (Å²) >= 11 is 0. The Balaban J connectivity index is 1.68. The van der Waals surface area contributed by atoms with Crippen LogP contribution in [0.1, 0.15) is 45.4 Å². The van der Waals surface area contributed by atoms with Gasteiger partial charge in [0.05, 0.1) is 42.2 Å². The summed E-state index contributed by atoms with van der Waals surface area (Å²) in [6, 6.07) is 0. The maximum atomic E-state index is 12.7. The highest BCUT2D eigenvalue weighted by Crippen LogP contribution is 2.90. The summed E-state index contributed by atoms with van der Waals surface area (Å²) in [5, 5.41) is 48.4. The molecule has 4 N–H and O–H groups in total. The van der Waals surface area contributed by atoms with Crippen LogP contribution in [0.2, 0.25) is 0 Å². The number of methoxy groups -OCH3 is 3. The Morgan fingerprint density at radius 1 is 0.968 bits per heavy atom. The van der Waals surface area contributed by atoms with E-state index in [2.05, 4.69) is 6.92 Å². The number of hydrogen-bond donors (Lipinski definition) is 4. The third-order valence-electron chi connectivity index (χ3n) is 11.6. The van der Waals surface area contributed by atoms with Gasteiger partial charge >= 0.3 is 0 Å². The lowest BCUT2D eigenvalue weighted by Crippen LogP contribution is -2.75. The molecule has 6 fully saturated rings. The van der Waals surface area contributed by atoms with Crippen LogP contribution in [0.4, 0.5) is 0 Å². The fraction of sp³-hybridized carbons (Fsp3) is 1.00. The first-order valence-corrected chi connectivity index (χ1v) is 12.0. The SMILES string of the molecule is CC[C@@]12C[C@@]3(COC)CC[C@H](O)[C@@]14[C@H]3[C@H](OC)[C@H]2[C@]1(O)C[C@H](OC)[C@H]2C[C@@]4(O)[C@H]1[C@@H]2O. The molecule has 0 aromatic rings. The molecule has 0 unspecified atom stereocenters. The minimum absolute atomic E-state index is 0.120. The molecule has 0 saturated heterocycles. The van der Waals surface area contributed by atoms with Gasteiger partial charge in [-0.3, -0.25) is 0 Å². The first kappa shape index (κ1) is 21.3. The van der Waals surface area contributed by atoms with E-state index in [-0.39, 0.29) is 35.4 Å². The Morgan fingerprint density at radius 3 is 2.32 bits per heavy atom. The molecule has 0 aromatic heterocycles. The number of aliphatic hydroxyl groups excluding tert-OH is 2. The van der Waals surface area contributed by atoms with Crippen molar-refractivity contribution >= 4 is 0 Å². The van der Waals surface area contributed by atoms with E-state index in [0.29, 0.717) is 25.9 Å². The van der Waals surface area contributed by atoms with Crippen LogP contribution in [0.5, 0.6) is 0 Å². The number of aliphatic hydroxyl groups is 4. The van der Waals surface area contributed by atoms with E-state index in [1.807, 2.05) is 0 Å². The molecule has 6 aliphatic rings. The predicted octanol–water partition coefficient (Wildman–Crippen LogP) is 0.713. The van der Waals surface area contributed by atoms with E-state index < -0.39 is 40.2 Å². The van der Waals surface area contributed by atoms with Crippen molar-refractivity contribution in [3.8, 4) is 0 Å². The highest BCUT2D eigenvalue weighted by molar-refractivity contribution is 5.43. The molecule has 0 aromatic carbocycles. The second-order valence-electron chi connectivity index (χ2n) is 11.8. The molecule has 0 radical (unpaired) electrons. The second-order valence-corrected chi connectivity index (χ2v) is 11.8. The zero-order valence-corrected chi connectivity index (χ0v) is 19.1. The van der Waals surface area contributed by atoms with Gasteiger partial charge < -0.3 is 34.6 Å². The van der Waals surface area contributed by atoms with E-state index in [0.717, 1.165) is 19.3 Å². The van der Waals surface area contributed by atoms with Gasteiger partial charge in [-0.05, 0) is 37.5 Å². The van der Waals surface area contributed by atoms with Crippen molar-refractivity contribution in [3.05, 3.63) is 0 Å². The van der Waals surface area contributed by atoms with E-state index in [1.165, 1.54) is 0 Å². The molecule has 176 valence electrons. The number of rotatable bonds is 5. The molecule has 31 heavy (non-hydrogen) atoms. The molecular formula is C24H38O7. The van der Waals surface area contributed by atoms with Crippen molar-refractivity contribution < 1.29 is 34.6 Å². The summed E-state index contributed by atoms with van der Waals surface area (Å²) < 4.78 is 17.7. The van der Waals surface area contributed by atoms with Crippen molar-refractivity contribution in [1.82, 2.24) is 0 Å². The normalized spacial score (nSPS) is 65.4. The second kappa shape index (κ2) is 6.04. The molecule has 1 spiro atoms. The first-order chi connectivity index (χ1) is 14.7. The molecule has 6 saturated carbocycles. The zero-order chi connectivity index (χ0) is 22.2. The minimum Gasteiger partial charge on any atom is -0.392 e. The van der Waals surface area contributed by atoms with E-state index >= 15 is 0 Å². The summed E-state index contributed by atoms with van der Waals surface area (Å²) in [4.78, 5) is 0. The minimum atomic E-state index is -1.38. The van der Waals surface area contributed by atoms with Crippen molar-refractivity contribution in [2.75, 3.05) is 27.9 Å². The van der Waals surface area contributed by atoms with Gasteiger partial charge in [0.1, 0.15) is 0 Å². The van der Waals surface area contributed by atoms with Crippen molar-refractivity contribution in [2.24, 2.45) is 39.9 Å². The Labute approximate surface area is 184 Å². The van der Waals surface area contributed by atoms with Crippen LogP contribution in [0.15, 0.2) is 0 Å². The summed E-state index contributed by atoms with van der Waals surface area (Å²) in [6.07, 6.45) is 1.54. The zero-order valence-electron chi connectivity index (χ0n) is 19.1. The fourth-order valence-corrected chi connectivity index (χ4v) is 11.6. The average Bonchev–Trinajstić information content (AvgIpc) is 3.21. The lowest BCUT2D eigenvalue weighted by atomic mass is 9.41. The summed E-state index contributed by atoms with van der Waals surface area (Å²) in [7, 11) is 5.04. The molecule has 0 amide bonds. The quantitative estimate of drug-likeness (QED) is 0.501. The van der Waals surface area contributed by atoms with Crippen LogP contribution in [-0.2, 0) is 14.2 Å². The lowest BCUT2D eigenvalue weighted by Gasteiger charge is -2.66. The standard InChI is InChI=1S/C24H38O7/c1-5-21-10-20(11-29-2)7-6-14(25)24(21)18(20)16(31-4)19(21)22(27)9-13(30-3)12-8-23(24,28)17(22)15(12)26/h12-19,25-28H,5-11H2,1-4H3/t12-,13+,14+,15-,16+,17+,18+,19-,20-,21+,22+,23-,24-/m1/s1. The number of ether oxygens (including phenoxy) is 3. The predicted molar refractivity (Wildman–Crippen MR) is 110 cm³/mol. The van der Waals surface area contributed by atoms with Gasteiger partial charge in [-0.25, -0.2) is 0 Å². The molecule has 6 rings (SSSR count). The van der Waals surface area contributed by atoms with Crippen molar-refractivity contribution in [3.63, 3.8) is 0 Å². The number of hydrogen-bond acceptors (Lipinski definition) is 7. The van der Waals surface area contributed by atoms with E-state index in [9.17, 15) is 20.4 Å². The third-order valence-corrected chi connectivity index (χ3v) is 11.6. The van der Waals surface area contributed by atoms with Gasteiger partial charge in [0.2, 0.25) is 0 Å². The Bertz CT molecular complexity index is 792. The summed E-state index contributed by atoms with van der Waals surface area (Å²) in [5.74, 6) is -1.33. The van der Waals surface area contributed by atoms with Gasteiger partial charge in [0.25, 0.3) is 0 Å². The third kappa shape index (κ3) is 1.80. The van der Waals surface area contributed by atoms with E-state index in [1.54, 1.807) is 21.3 Å². The molecule has 7 nitrogen and oxygen atoms in total. The fourth-order valence-electron chi connectivity index (χ4n) is 11.6. The van der Waals surface area contributed by atoms with Crippen LogP contribution in [0.25, 0.3) is 0 Å². The van der Waals surface area contributed by atoms with Crippen LogP contribution in [-0.4, -0.2) is 84.0 Å². The Kier molecular flexibility index (Phi) is 4.14. The molecule has 0 heterocycles. The monoisotopic (exact) mass is 438 g/mol. The van der Waals surface area contributed by atoms with Gasteiger partial charge in [-0.2, -0.15) is 0 Å². The summed E-state index contributed by atoms with van der Waals surface area (Å²) in [5.41, 5.74) is -4.19. The lowest BCUT2D eigenvalue weighted by molar-refractivity contribution is -0.314. The Hall–Kier alpha value is -0.280. The van der Waals surface area contributed by atoms with Gasteiger partial charge in [0.15, 0.2) is 0 Å². The van der Waals surface area contributed by atoms with Gasteiger partial charge in [0, 0.05) is 62.3 Å². The largest absolute Gasteiger partial charge is 0.392 e. The molecular weight excluding hydrogens is 400 g/mol. The van der Waals surface area contributed by atoms with Crippen molar-refractivity contribution in [2.45, 2.75) is 81.1 Å². The van der Waals surface area contributed by atoms with Crippen LogP contribution < -0.4 is 0 Å². The maximum Gasteiger partial charge on any atom is 0.0822 e. The van der Waals surface area contributed by atoms with Crippen LogP contribution in [0, 0.1) is 39.9 Å². The van der Waals surface area contributed by atoms with Gasteiger partial charge in [-0.15, -0.1) is 0 Å². The smallest absolute Gasteiger partial charge is 0.0822 e. The first-order valence-electron chi connectivity index (χ1n) is 12.0. The van der Waals surface area contributed by atoms with Crippen LogP contribution in [0.3, 0.4) is 0 Å². The molecule has 7 bridgehead atoms.